The number of nitrogens with two attached hydrogens (primary N) is 2. The second-order valence-corrected chi connectivity index (χ2v) is 7.07. The second-order valence-electron chi connectivity index (χ2n) is 2.64. The van der Waals surface area contributed by atoms with Crippen LogP contribution in [0.1, 0.15) is 0 Å². The van der Waals surface area contributed by atoms with Crippen molar-refractivity contribution in [3.05, 3.63) is 30.3 Å². The minimum Gasteiger partial charge on any atom is -0.326 e. The van der Waals surface area contributed by atoms with Crippen molar-refractivity contribution >= 4 is 30.1 Å². The largest absolute Gasteiger partial charge is 0.326 e. The van der Waals surface area contributed by atoms with Crippen LogP contribution in [0.25, 0.3) is 0 Å². The average molecular weight is 248 g/mol. The van der Waals surface area contributed by atoms with Gasteiger partial charge in [0.1, 0.15) is 0 Å². The van der Waals surface area contributed by atoms with Crippen LogP contribution < -0.4 is 11.0 Å². The van der Waals surface area contributed by atoms with Crippen molar-refractivity contribution in [3.8, 4) is 0 Å². The molecule has 0 atom stereocenters. The molecule has 1 rings (SSSR count). The van der Waals surface area contributed by atoms with Crippen molar-refractivity contribution in [1.29, 1.82) is 0 Å². The lowest BCUT2D eigenvalue weighted by molar-refractivity contribution is 0.381. The van der Waals surface area contributed by atoms with Gasteiger partial charge in [-0.15, -0.1) is 11.8 Å². The van der Waals surface area contributed by atoms with Crippen LogP contribution in [0.3, 0.4) is 0 Å². The molecule has 0 saturated carbocycles. The minimum atomic E-state index is -2.47. The van der Waals surface area contributed by atoms with Crippen LogP contribution in [0.5, 0.6) is 0 Å². The van der Waals surface area contributed by atoms with Crippen LogP contribution in [0.4, 0.5) is 0 Å². The Morgan fingerprint density at radius 3 is 2.50 bits per heavy atom. The Kier molecular flexibility index (Phi) is 5.09. The SMILES string of the molecule is NP(N)(=S)OCCSc1ccccc1. The molecule has 14 heavy (non-hydrogen) atoms. The van der Waals surface area contributed by atoms with E-state index in [0.717, 1.165) is 5.75 Å². The summed E-state index contributed by atoms with van der Waals surface area (Å²) in [5.41, 5.74) is 10.8. The van der Waals surface area contributed by atoms with Crippen molar-refractivity contribution in [2.45, 2.75) is 4.90 Å². The molecule has 0 bridgehead atoms. The molecule has 1 aromatic carbocycles. The van der Waals surface area contributed by atoms with E-state index in [1.54, 1.807) is 11.8 Å². The molecule has 0 amide bonds. The zero-order valence-corrected chi connectivity index (χ0v) is 10.2. The lowest BCUT2D eigenvalue weighted by Gasteiger charge is -2.10. The van der Waals surface area contributed by atoms with Crippen molar-refractivity contribution in [3.63, 3.8) is 0 Å². The van der Waals surface area contributed by atoms with E-state index >= 15 is 0 Å². The number of thioether (sulfide) groups is 1. The van der Waals surface area contributed by atoms with E-state index in [2.05, 4.69) is 0 Å². The number of hydrogen-bond donors (Lipinski definition) is 2. The molecular weight excluding hydrogens is 235 g/mol. The fourth-order valence-electron chi connectivity index (χ4n) is 0.856. The number of hydrogen-bond acceptors (Lipinski definition) is 3. The molecule has 78 valence electrons. The third-order valence-corrected chi connectivity index (χ3v) is 3.27. The quantitative estimate of drug-likeness (QED) is 0.473. The van der Waals surface area contributed by atoms with Gasteiger partial charge >= 0.3 is 0 Å². The van der Waals surface area contributed by atoms with Crippen molar-refractivity contribution in [2.75, 3.05) is 12.4 Å². The number of rotatable bonds is 5. The van der Waals surface area contributed by atoms with Gasteiger partial charge in [-0.2, -0.15) is 0 Å². The molecule has 0 unspecified atom stereocenters. The van der Waals surface area contributed by atoms with Gasteiger partial charge in [-0.3, -0.25) is 11.0 Å². The standard InChI is InChI=1S/C8H13N2OPS2/c9-12(10,13)11-6-7-14-8-4-2-1-3-5-8/h1-5H,6-7H2,(H4,9,10,13). The first-order chi connectivity index (χ1) is 6.58. The summed E-state index contributed by atoms with van der Waals surface area (Å²) in [6.07, 6.45) is 0. The van der Waals surface area contributed by atoms with Crippen molar-refractivity contribution < 1.29 is 4.52 Å². The van der Waals surface area contributed by atoms with Gasteiger partial charge in [0.15, 0.2) is 6.57 Å². The first-order valence-corrected chi connectivity index (χ1v) is 7.92. The van der Waals surface area contributed by atoms with Gasteiger partial charge in [-0.05, 0) is 23.9 Å². The fraction of sp³-hybridized carbons (Fsp3) is 0.250. The molecule has 4 N–H and O–H groups in total. The molecule has 0 aliphatic carbocycles. The van der Waals surface area contributed by atoms with Gasteiger partial charge in [0, 0.05) is 10.6 Å². The predicted octanol–water partition coefficient (Wildman–Crippen LogP) is 1.94. The van der Waals surface area contributed by atoms with E-state index in [4.69, 9.17) is 27.3 Å². The summed E-state index contributed by atoms with van der Waals surface area (Å²) in [6.45, 7) is -1.96. The van der Waals surface area contributed by atoms with E-state index in [1.165, 1.54) is 4.90 Å². The van der Waals surface area contributed by atoms with Gasteiger partial charge in [-0.25, -0.2) is 0 Å². The Morgan fingerprint density at radius 2 is 1.93 bits per heavy atom. The second kappa shape index (κ2) is 5.85. The molecule has 1 aromatic rings. The molecule has 0 spiro atoms. The van der Waals surface area contributed by atoms with E-state index in [1.807, 2.05) is 30.3 Å². The highest BCUT2D eigenvalue weighted by atomic mass is 32.4. The highest BCUT2D eigenvalue weighted by Crippen LogP contribution is 2.27. The third kappa shape index (κ3) is 5.75. The van der Waals surface area contributed by atoms with Crippen molar-refractivity contribution in [2.24, 2.45) is 11.0 Å². The van der Waals surface area contributed by atoms with E-state index in [0.29, 0.717) is 6.61 Å². The zero-order chi connectivity index (χ0) is 10.4. The average Bonchev–Trinajstić information content (AvgIpc) is 2.13. The highest BCUT2D eigenvalue weighted by molar-refractivity contribution is 8.10. The van der Waals surface area contributed by atoms with Crippen LogP contribution >= 0.6 is 18.3 Å². The van der Waals surface area contributed by atoms with Gasteiger partial charge in [0.25, 0.3) is 0 Å². The Hall–Kier alpha value is 0.100. The topological polar surface area (TPSA) is 61.3 Å². The first kappa shape index (κ1) is 12.2. The van der Waals surface area contributed by atoms with Crippen LogP contribution in [0.2, 0.25) is 0 Å². The van der Waals surface area contributed by atoms with Gasteiger partial charge in [0.05, 0.1) is 6.61 Å². The van der Waals surface area contributed by atoms with Gasteiger partial charge in [0.2, 0.25) is 0 Å². The smallest absolute Gasteiger partial charge is 0.192 e. The minimum absolute atomic E-state index is 0.504. The van der Waals surface area contributed by atoms with Crippen LogP contribution in [-0.2, 0) is 16.3 Å². The van der Waals surface area contributed by atoms with Crippen LogP contribution in [0, 0.1) is 0 Å². The van der Waals surface area contributed by atoms with E-state index in [-0.39, 0.29) is 0 Å². The fourth-order valence-corrected chi connectivity index (χ4v) is 2.33. The maximum Gasteiger partial charge on any atom is 0.192 e. The Balaban J connectivity index is 2.20. The maximum atomic E-state index is 5.39. The maximum absolute atomic E-state index is 5.39. The molecule has 0 aliphatic heterocycles. The summed E-state index contributed by atoms with van der Waals surface area (Å²) in [4.78, 5) is 1.21. The molecular formula is C8H13N2OPS2. The van der Waals surface area contributed by atoms with Crippen LogP contribution in [-0.4, -0.2) is 12.4 Å². The Bertz CT molecular complexity index is 314. The highest BCUT2D eigenvalue weighted by Gasteiger charge is 2.02. The molecule has 0 aromatic heterocycles. The predicted molar refractivity (Wildman–Crippen MR) is 65.8 cm³/mol. The molecule has 0 heterocycles. The molecule has 0 saturated heterocycles. The Morgan fingerprint density at radius 1 is 1.29 bits per heavy atom. The summed E-state index contributed by atoms with van der Waals surface area (Å²) in [6, 6.07) is 10.1. The summed E-state index contributed by atoms with van der Waals surface area (Å²) in [7, 11) is 0. The zero-order valence-electron chi connectivity index (χ0n) is 7.63. The molecule has 0 radical (unpaired) electrons. The monoisotopic (exact) mass is 248 g/mol. The normalized spacial score (nSPS) is 11.6. The molecule has 3 nitrogen and oxygen atoms in total. The molecule has 6 heteroatoms. The summed E-state index contributed by atoms with van der Waals surface area (Å²) in [5.74, 6) is 0.816. The summed E-state index contributed by atoms with van der Waals surface area (Å²) >= 11 is 6.45. The lowest BCUT2D eigenvalue weighted by atomic mass is 10.4. The van der Waals surface area contributed by atoms with Crippen LogP contribution in [0.15, 0.2) is 35.2 Å². The lowest BCUT2D eigenvalue weighted by Crippen LogP contribution is -2.09. The third-order valence-electron chi connectivity index (χ3n) is 1.39. The molecule has 0 aliphatic rings. The number of benzene rings is 1. The van der Waals surface area contributed by atoms with E-state index in [9.17, 15) is 0 Å². The summed E-state index contributed by atoms with van der Waals surface area (Å²) in [5, 5.41) is 0. The van der Waals surface area contributed by atoms with Gasteiger partial charge < -0.3 is 4.52 Å². The molecule has 0 fully saturated rings. The van der Waals surface area contributed by atoms with Crippen molar-refractivity contribution in [1.82, 2.24) is 0 Å². The first-order valence-electron chi connectivity index (χ1n) is 4.07. The van der Waals surface area contributed by atoms with E-state index < -0.39 is 6.57 Å². The Labute approximate surface area is 93.4 Å². The summed E-state index contributed by atoms with van der Waals surface area (Å²) < 4.78 is 5.11. The van der Waals surface area contributed by atoms with Gasteiger partial charge in [-0.1, -0.05) is 18.2 Å².